The molecule has 3 unspecified atom stereocenters. The number of aliphatic hydroxyl groups excluding tert-OH is 1. The average molecular weight is 319 g/mol. The van der Waals surface area contributed by atoms with Gasteiger partial charge in [-0.25, -0.2) is 4.39 Å². The van der Waals surface area contributed by atoms with Crippen molar-refractivity contribution in [3.63, 3.8) is 0 Å². The first-order valence-electron chi connectivity index (χ1n) is 7.98. The minimum Gasteiger partial charge on any atom is -0.390 e. The molecule has 1 fully saturated rings. The van der Waals surface area contributed by atoms with Crippen LogP contribution in [-0.4, -0.2) is 40.2 Å². The zero-order valence-electron chi connectivity index (χ0n) is 12.9. The van der Waals surface area contributed by atoms with Crippen LogP contribution in [0.2, 0.25) is 0 Å². The summed E-state index contributed by atoms with van der Waals surface area (Å²) in [5.74, 6) is -0.251. The summed E-state index contributed by atoms with van der Waals surface area (Å²) in [4.78, 5) is 0. The maximum atomic E-state index is 13.2. The number of benzene rings is 1. The van der Waals surface area contributed by atoms with Crippen molar-refractivity contribution < 1.29 is 14.2 Å². The number of aromatic nitrogens is 2. The molecule has 0 bridgehead atoms. The molecular weight excluding hydrogens is 297 g/mol. The van der Waals surface area contributed by atoms with Crippen LogP contribution in [0.15, 0.2) is 42.7 Å². The summed E-state index contributed by atoms with van der Waals surface area (Å²) in [6.07, 6.45) is 5.00. The van der Waals surface area contributed by atoms with Crippen LogP contribution in [0.25, 0.3) is 0 Å². The second kappa shape index (κ2) is 7.68. The van der Waals surface area contributed by atoms with Crippen molar-refractivity contribution >= 4 is 0 Å². The molecule has 1 aromatic heterocycles. The van der Waals surface area contributed by atoms with Gasteiger partial charge in [0.25, 0.3) is 0 Å². The molecule has 0 saturated carbocycles. The Kier molecular flexibility index (Phi) is 5.38. The van der Waals surface area contributed by atoms with E-state index in [0.717, 1.165) is 25.0 Å². The monoisotopic (exact) mass is 319 g/mol. The lowest BCUT2D eigenvalue weighted by atomic mass is 9.99. The molecule has 1 aromatic carbocycles. The zero-order chi connectivity index (χ0) is 16.1. The van der Waals surface area contributed by atoms with Crippen molar-refractivity contribution in [3.05, 3.63) is 54.1 Å². The van der Waals surface area contributed by atoms with Crippen LogP contribution in [-0.2, 0) is 11.3 Å². The van der Waals surface area contributed by atoms with Crippen molar-refractivity contribution in [2.45, 2.75) is 37.6 Å². The number of hydrogen-bond acceptors (Lipinski definition) is 4. The smallest absolute Gasteiger partial charge is 0.123 e. The Morgan fingerprint density at radius 3 is 2.87 bits per heavy atom. The van der Waals surface area contributed by atoms with Gasteiger partial charge >= 0.3 is 0 Å². The van der Waals surface area contributed by atoms with Gasteiger partial charge in [-0.2, -0.15) is 5.10 Å². The Morgan fingerprint density at radius 1 is 1.39 bits per heavy atom. The standard InChI is InChI=1S/C17H22FN3O2/c18-14-6-4-13(5-7-14)17(16-3-1-10-23-16)19-11-15(22)12-21-9-2-8-20-21/h2,4-9,15-17,19,22H,1,3,10-12H2. The van der Waals surface area contributed by atoms with Gasteiger partial charge in [-0.15, -0.1) is 0 Å². The van der Waals surface area contributed by atoms with Crippen molar-refractivity contribution in [1.29, 1.82) is 0 Å². The van der Waals surface area contributed by atoms with Gasteiger partial charge < -0.3 is 15.2 Å². The van der Waals surface area contributed by atoms with Gasteiger partial charge in [-0.3, -0.25) is 4.68 Å². The molecule has 1 saturated heterocycles. The molecule has 6 heteroatoms. The Morgan fingerprint density at radius 2 is 2.22 bits per heavy atom. The van der Waals surface area contributed by atoms with Gasteiger partial charge in [-0.1, -0.05) is 12.1 Å². The van der Waals surface area contributed by atoms with E-state index in [4.69, 9.17) is 4.74 Å². The van der Waals surface area contributed by atoms with E-state index >= 15 is 0 Å². The van der Waals surface area contributed by atoms with Crippen LogP contribution in [0.1, 0.15) is 24.4 Å². The van der Waals surface area contributed by atoms with Crippen molar-refractivity contribution in [1.82, 2.24) is 15.1 Å². The fourth-order valence-corrected chi connectivity index (χ4v) is 2.95. The van der Waals surface area contributed by atoms with E-state index in [-0.39, 0.29) is 18.0 Å². The first-order chi connectivity index (χ1) is 11.2. The summed E-state index contributed by atoms with van der Waals surface area (Å²) in [6, 6.07) is 8.24. The molecule has 0 aliphatic carbocycles. The molecule has 2 aromatic rings. The van der Waals surface area contributed by atoms with E-state index < -0.39 is 6.10 Å². The zero-order valence-corrected chi connectivity index (χ0v) is 12.9. The molecule has 23 heavy (non-hydrogen) atoms. The Bertz CT molecular complexity index is 582. The Hall–Kier alpha value is -1.76. The van der Waals surface area contributed by atoms with E-state index in [0.29, 0.717) is 13.1 Å². The maximum absolute atomic E-state index is 13.2. The molecule has 1 aliphatic heterocycles. The van der Waals surface area contributed by atoms with Gasteiger partial charge in [0.15, 0.2) is 0 Å². The molecule has 3 atom stereocenters. The van der Waals surface area contributed by atoms with Crippen LogP contribution in [0.5, 0.6) is 0 Å². The normalized spacial score (nSPS) is 20.5. The first-order valence-corrected chi connectivity index (χ1v) is 7.98. The highest BCUT2D eigenvalue weighted by atomic mass is 19.1. The third kappa shape index (κ3) is 4.37. The first kappa shape index (κ1) is 16.1. The SMILES string of the molecule is OC(CNC(c1ccc(F)cc1)C1CCCO1)Cn1cccn1. The van der Waals surface area contributed by atoms with E-state index in [1.165, 1.54) is 12.1 Å². The predicted octanol–water partition coefficient (Wildman–Crippen LogP) is 1.89. The second-order valence-electron chi connectivity index (χ2n) is 5.87. The largest absolute Gasteiger partial charge is 0.390 e. The van der Waals surface area contributed by atoms with Crippen LogP contribution in [0.4, 0.5) is 4.39 Å². The molecule has 0 radical (unpaired) electrons. The molecule has 5 nitrogen and oxygen atoms in total. The number of rotatable bonds is 7. The summed E-state index contributed by atoms with van der Waals surface area (Å²) < 4.78 is 20.6. The quantitative estimate of drug-likeness (QED) is 0.818. The second-order valence-corrected chi connectivity index (χ2v) is 5.87. The van der Waals surface area contributed by atoms with Crippen molar-refractivity contribution in [3.8, 4) is 0 Å². The van der Waals surface area contributed by atoms with Crippen LogP contribution in [0, 0.1) is 5.82 Å². The lowest BCUT2D eigenvalue weighted by Gasteiger charge is -2.26. The molecule has 2 heterocycles. The maximum Gasteiger partial charge on any atom is 0.123 e. The average Bonchev–Trinajstić information content (AvgIpc) is 3.23. The highest BCUT2D eigenvalue weighted by molar-refractivity contribution is 5.21. The van der Waals surface area contributed by atoms with Crippen LogP contribution >= 0.6 is 0 Å². The summed E-state index contributed by atoms with van der Waals surface area (Å²) >= 11 is 0. The van der Waals surface area contributed by atoms with E-state index in [1.807, 2.05) is 12.3 Å². The summed E-state index contributed by atoms with van der Waals surface area (Å²) in [6.45, 7) is 1.60. The van der Waals surface area contributed by atoms with E-state index in [9.17, 15) is 9.50 Å². The molecule has 3 rings (SSSR count). The molecule has 0 spiro atoms. The lowest BCUT2D eigenvalue weighted by Crippen LogP contribution is -2.38. The topological polar surface area (TPSA) is 59.3 Å². The summed E-state index contributed by atoms with van der Waals surface area (Å²) in [5.41, 5.74) is 0.976. The number of hydrogen-bond donors (Lipinski definition) is 2. The van der Waals surface area contributed by atoms with Gasteiger partial charge in [0, 0.05) is 25.5 Å². The van der Waals surface area contributed by atoms with Gasteiger partial charge in [-0.05, 0) is 36.6 Å². The van der Waals surface area contributed by atoms with Crippen LogP contribution in [0.3, 0.4) is 0 Å². The minimum absolute atomic E-state index is 0.0506. The third-order valence-electron chi connectivity index (χ3n) is 4.10. The Labute approximate surface area is 135 Å². The fraction of sp³-hybridized carbons (Fsp3) is 0.471. The third-order valence-corrected chi connectivity index (χ3v) is 4.10. The molecule has 2 N–H and O–H groups in total. The van der Waals surface area contributed by atoms with Crippen LogP contribution < -0.4 is 5.32 Å². The summed E-state index contributed by atoms with van der Waals surface area (Å²) in [7, 11) is 0. The number of aliphatic hydroxyl groups is 1. The number of ether oxygens (including phenoxy) is 1. The van der Waals surface area contributed by atoms with Crippen molar-refractivity contribution in [2.75, 3.05) is 13.2 Å². The number of nitrogens with zero attached hydrogens (tertiary/aromatic N) is 2. The molecule has 0 amide bonds. The van der Waals surface area contributed by atoms with E-state index in [2.05, 4.69) is 10.4 Å². The predicted molar refractivity (Wildman–Crippen MR) is 84.4 cm³/mol. The lowest BCUT2D eigenvalue weighted by molar-refractivity contribution is 0.0686. The highest BCUT2D eigenvalue weighted by Gasteiger charge is 2.27. The molecular formula is C17H22FN3O2. The fourth-order valence-electron chi connectivity index (χ4n) is 2.95. The van der Waals surface area contributed by atoms with Gasteiger partial charge in [0.2, 0.25) is 0 Å². The highest BCUT2D eigenvalue weighted by Crippen LogP contribution is 2.27. The number of halogens is 1. The molecule has 124 valence electrons. The van der Waals surface area contributed by atoms with Gasteiger partial charge in [0.1, 0.15) is 5.82 Å². The molecule has 1 aliphatic rings. The Balaban J connectivity index is 1.62. The van der Waals surface area contributed by atoms with E-state index in [1.54, 1.807) is 23.0 Å². The minimum atomic E-state index is -0.556. The number of nitrogens with one attached hydrogen (secondary N) is 1. The van der Waals surface area contributed by atoms with Gasteiger partial charge in [0.05, 0.1) is 24.8 Å². The summed E-state index contributed by atoms with van der Waals surface area (Å²) in [5, 5.41) is 17.6. The van der Waals surface area contributed by atoms with Crippen molar-refractivity contribution in [2.24, 2.45) is 0 Å².